The smallest absolute Gasteiger partial charge is 0.245 e. The highest BCUT2D eigenvalue weighted by Crippen LogP contribution is 2.35. The van der Waals surface area contributed by atoms with Crippen LogP contribution in [0.4, 0.5) is 4.79 Å². The van der Waals surface area contributed by atoms with E-state index in [1.165, 1.54) is 4.57 Å². The minimum absolute atomic E-state index is 0.0567. The number of carbonyl (C=O) groups is 1. The third kappa shape index (κ3) is 2.19. The quantitative estimate of drug-likeness (QED) is 0.814. The number of allylic oxidation sites excluding steroid dienone is 1. The van der Waals surface area contributed by atoms with Crippen molar-refractivity contribution in [3.05, 3.63) is 60.3 Å². The largest absolute Gasteiger partial charge is 0.439 e. The number of aliphatic imine (C=N–C) groups is 1. The van der Waals surface area contributed by atoms with Gasteiger partial charge in [-0.05, 0) is 25.5 Å². The highest BCUT2D eigenvalue weighted by atomic mass is 16.2. The zero-order valence-electron chi connectivity index (χ0n) is 12.8. The summed E-state index contributed by atoms with van der Waals surface area (Å²) >= 11 is 0. The molecule has 1 unspecified atom stereocenters. The molecule has 0 saturated carbocycles. The van der Waals surface area contributed by atoms with E-state index < -0.39 is 0 Å². The second-order valence-electron chi connectivity index (χ2n) is 5.39. The van der Waals surface area contributed by atoms with Gasteiger partial charge in [0.2, 0.25) is 6.34 Å². The molecule has 1 aromatic heterocycles. The molecule has 112 valence electrons. The van der Waals surface area contributed by atoms with Crippen molar-refractivity contribution < 1.29 is 9.28 Å². The summed E-state index contributed by atoms with van der Waals surface area (Å²) in [6, 6.07) is 9.93. The van der Waals surface area contributed by atoms with E-state index in [-0.39, 0.29) is 10.5 Å². The van der Waals surface area contributed by atoms with Crippen LogP contribution in [0.2, 0.25) is 0 Å². The van der Waals surface area contributed by atoms with Crippen LogP contribution in [0.1, 0.15) is 25.8 Å². The summed E-state index contributed by atoms with van der Waals surface area (Å²) in [5.74, 6) is 0. The first-order valence-corrected chi connectivity index (χ1v) is 7.42. The average molecular weight is 295 g/mol. The summed E-state index contributed by atoms with van der Waals surface area (Å²) < 4.78 is 1.63. The number of hydrogen-bond donors (Lipinski definition) is 0. The number of hydrogen-bond acceptors (Lipinski definition) is 3. The maximum Gasteiger partial charge on any atom is 0.439 e. The maximum absolute atomic E-state index is 13.1. The standard InChI is InChI=1S/C17H19N4O/c1-3-11-21(17(22)20-10-9-18-12-20)13-19-14(2)16(21)15-7-5-4-6-8-15/h4-10,12-13H,3,11H2,1-2H3/q+1. The monoisotopic (exact) mass is 295 g/mol. The molecule has 1 atom stereocenters. The van der Waals surface area contributed by atoms with Gasteiger partial charge in [-0.15, -0.1) is 0 Å². The van der Waals surface area contributed by atoms with E-state index >= 15 is 0 Å². The van der Waals surface area contributed by atoms with E-state index in [1.54, 1.807) is 25.1 Å². The SMILES string of the molecule is CCC[N+]1(C(=O)n2ccnc2)C=NC(C)=C1c1ccccc1. The zero-order chi connectivity index (χ0) is 15.6. The van der Waals surface area contributed by atoms with Crippen molar-refractivity contribution in [2.24, 2.45) is 4.99 Å². The normalized spacial score (nSPS) is 20.6. The molecule has 1 aromatic carbocycles. The molecule has 1 aliphatic rings. The molecule has 2 heterocycles. The van der Waals surface area contributed by atoms with Gasteiger partial charge in [-0.25, -0.2) is 19.3 Å². The summed E-state index contributed by atoms with van der Waals surface area (Å²) in [5.41, 5.74) is 2.86. The molecule has 0 saturated heterocycles. The van der Waals surface area contributed by atoms with Crippen molar-refractivity contribution in [2.45, 2.75) is 20.3 Å². The number of imidazole rings is 1. The molecular formula is C17H19N4O+. The van der Waals surface area contributed by atoms with Crippen LogP contribution in [0.5, 0.6) is 0 Å². The molecular weight excluding hydrogens is 276 g/mol. The molecule has 22 heavy (non-hydrogen) atoms. The van der Waals surface area contributed by atoms with Gasteiger partial charge in [0, 0.05) is 18.0 Å². The minimum atomic E-state index is -0.0567. The first-order chi connectivity index (χ1) is 10.7. The second kappa shape index (κ2) is 5.69. The highest BCUT2D eigenvalue weighted by Gasteiger charge is 2.46. The predicted octanol–water partition coefficient (Wildman–Crippen LogP) is 3.51. The van der Waals surface area contributed by atoms with Crippen LogP contribution in [0, 0.1) is 0 Å². The highest BCUT2D eigenvalue weighted by molar-refractivity contribution is 5.89. The van der Waals surface area contributed by atoms with Gasteiger partial charge < -0.3 is 0 Å². The molecule has 2 aromatic rings. The Labute approximate surface area is 129 Å². The van der Waals surface area contributed by atoms with Crippen LogP contribution >= 0.6 is 0 Å². The van der Waals surface area contributed by atoms with Gasteiger partial charge in [0.15, 0.2) is 5.70 Å². The van der Waals surface area contributed by atoms with Crippen molar-refractivity contribution in [1.29, 1.82) is 0 Å². The predicted molar refractivity (Wildman–Crippen MR) is 86.0 cm³/mol. The number of rotatable bonds is 3. The van der Waals surface area contributed by atoms with Gasteiger partial charge >= 0.3 is 6.03 Å². The molecule has 0 bridgehead atoms. The van der Waals surface area contributed by atoms with Crippen LogP contribution in [-0.4, -0.2) is 32.9 Å². The fourth-order valence-corrected chi connectivity index (χ4v) is 2.97. The Balaban J connectivity index is 2.14. The molecule has 5 nitrogen and oxygen atoms in total. The number of quaternary nitrogens is 1. The molecule has 1 amide bonds. The van der Waals surface area contributed by atoms with E-state index in [0.717, 1.165) is 23.4 Å². The van der Waals surface area contributed by atoms with Crippen molar-refractivity contribution in [3.8, 4) is 0 Å². The number of aromatic nitrogens is 2. The molecule has 0 radical (unpaired) electrons. The van der Waals surface area contributed by atoms with Gasteiger partial charge in [-0.2, -0.15) is 4.48 Å². The number of benzene rings is 1. The molecule has 1 aliphatic heterocycles. The Morgan fingerprint density at radius 2 is 2.05 bits per heavy atom. The Bertz CT molecular complexity index is 731. The van der Waals surface area contributed by atoms with Gasteiger partial charge in [-0.1, -0.05) is 25.1 Å². The molecule has 0 aliphatic carbocycles. The Hall–Kier alpha value is -2.53. The summed E-state index contributed by atoms with van der Waals surface area (Å²) in [5, 5.41) is 0. The lowest BCUT2D eigenvalue weighted by atomic mass is 10.1. The van der Waals surface area contributed by atoms with E-state index in [2.05, 4.69) is 16.9 Å². The Morgan fingerprint density at radius 3 is 2.68 bits per heavy atom. The lowest BCUT2D eigenvalue weighted by Gasteiger charge is -2.29. The van der Waals surface area contributed by atoms with Crippen LogP contribution in [-0.2, 0) is 0 Å². The Morgan fingerprint density at radius 1 is 1.27 bits per heavy atom. The first-order valence-electron chi connectivity index (χ1n) is 7.42. The lowest BCUT2D eigenvalue weighted by Crippen LogP contribution is -2.51. The van der Waals surface area contributed by atoms with E-state index in [9.17, 15) is 4.79 Å². The minimum Gasteiger partial charge on any atom is -0.245 e. The topological polar surface area (TPSA) is 47.2 Å². The van der Waals surface area contributed by atoms with E-state index in [4.69, 9.17) is 0 Å². The van der Waals surface area contributed by atoms with E-state index in [0.29, 0.717) is 6.54 Å². The molecule has 0 fully saturated rings. The van der Waals surface area contributed by atoms with Crippen LogP contribution in [0.15, 0.2) is 59.7 Å². The molecule has 0 N–H and O–H groups in total. The molecule has 0 spiro atoms. The van der Waals surface area contributed by atoms with Crippen LogP contribution in [0.3, 0.4) is 0 Å². The fraction of sp³-hybridized carbons (Fsp3) is 0.235. The molecule has 3 rings (SSSR count). The Kier molecular flexibility index (Phi) is 3.73. The van der Waals surface area contributed by atoms with Gasteiger partial charge in [-0.3, -0.25) is 0 Å². The van der Waals surface area contributed by atoms with Crippen molar-refractivity contribution in [2.75, 3.05) is 6.54 Å². The van der Waals surface area contributed by atoms with Gasteiger partial charge in [0.05, 0.1) is 6.54 Å². The van der Waals surface area contributed by atoms with Gasteiger partial charge in [0.25, 0.3) is 0 Å². The summed E-state index contributed by atoms with van der Waals surface area (Å²) in [6.45, 7) is 4.70. The fourth-order valence-electron chi connectivity index (χ4n) is 2.97. The van der Waals surface area contributed by atoms with E-state index in [1.807, 2.05) is 37.3 Å². The van der Waals surface area contributed by atoms with Crippen molar-refractivity contribution in [3.63, 3.8) is 0 Å². The molecule has 5 heteroatoms. The zero-order valence-corrected chi connectivity index (χ0v) is 12.8. The summed E-state index contributed by atoms with van der Waals surface area (Å²) in [7, 11) is 0. The average Bonchev–Trinajstić information content (AvgIpc) is 3.17. The third-order valence-electron chi connectivity index (χ3n) is 3.88. The number of nitrogens with zero attached hydrogens (tertiary/aromatic N) is 4. The van der Waals surface area contributed by atoms with Crippen molar-refractivity contribution in [1.82, 2.24) is 9.55 Å². The number of carbonyl (C=O) groups excluding carboxylic acids is 1. The first kappa shape index (κ1) is 14.4. The number of amides is 1. The van der Waals surface area contributed by atoms with Crippen molar-refractivity contribution >= 4 is 18.1 Å². The maximum atomic E-state index is 13.1. The van der Waals surface area contributed by atoms with Crippen LogP contribution in [0.25, 0.3) is 5.70 Å². The lowest BCUT2D eigenvalue weighted by molar-refractivity contribution is -0.669. The van der Waals surface area contributed by atoms with Gasteiger partial charge in [0.1, 0.15) is 12.0 Å². The van der Waals surface area contributed by atoms with Crippen LogP contribution < -0.4 is 0 Å². The summed E-state index contributed by atoms with van der Waals surface area (Å²) in [4.78, 5) is 21.6. The summed E-state index contributed by atoms with van der Waals surface area (Å²) in [6.07, 6.45) is 7.47. The third-order valence-corrected chi connectivity index (χ3v) is 3.88. The second-order valence-corrected chi connectivity index (χ2v) is 5.39.